The molecule has 0 radical (unpaired) electrons. The van der Waals surface area contributed by atoms with E-state index in [2.05, 4.69) is 58.5 Å². The molecule has 6 aromatic rings. The number of hydrogen-bond acceptors (Lipinski definition) is 3. The maximum atomic E-state index is 5.36. The zero-order chi connectivity index (χ0) is 23.2. The van der Waals surface area contributed by atoms with E-state index < -0.39 is 0 Å². The van der Waals surface area contributed by atoms with Crippen molar-refractivity contribution in [3.63, 3.8) is 0 Å². The quantitative estimate of drug-likeness (QED) is 0.146. The van der Waals surface area contributed by atoms with Gasteiger partial charge in [-0.05, 0) is 29.7 Å². The van der Waals surface area contributed by atoms with Crippen LogP contribution in [-0.4, -0.2) is 10.1 Å². The van der Waals surface area contributed by atoms with E-state index in [4.69, 9.17) is 25.3 Å². The van der Waals surface area contributed by atoms with E-state index in [-0.39, 0.29) is 10.1 Å². The van der Waals surface area contributed by atoms with Gasteiger partial charge in [0.1, 0.15) is 4.70 Å². The Morgan fingerprint density at radius 2 is 1.35 bits per heavy atom. The Balaban J connectivity index is 0.000000173. The largest absolute Gasteiger partial charge is 2.00 e. The molecule has 2 N–H and O–H groups in total. The van der Waals surface area contributed by atoms with Crippen molar-refractivity contribution in [2.75, 3.05) is 0 Å². The van der Waals surface area contributed by atoms with Crippen molar-refractivity contribution in [3.8, 4) is 10.6 Å². The SMILES string of the molecule is CC.[Be+2].[S-]c1cccc2ccc3ccc[nH+]c3c12.[S-]c1ccccc1-c1[nH+]c2ccccc2s1. The molecule has 0 spiro atoms. The summed E-state index contributed by atoms with van der Waals surface area (Å²) in [5, 5.41) is 4.66. The Morgan fingerprint density at radius 1 is 0.676 bits per heavy atom. The Hall–Kier alpha value is -2.95. The number of pyridine rings is 1. The fraction of sp³-hybridized carbons (Fsp3) is 0.0714. The molecule has 0 aliphatic rings. The number of fused-ring (bicyclic) bond motifs is 4. The van der Waals surface area contributed by atoms with Crippen molar-refractivity contribution in [2.45, 2.75) is 23.6 Å². The van der Waals surface area contributed by atoms with Crippen LogP contribution in [0.2, 0.25) is 0 Å². The summed E-state index contributed by atoms with van der Waals surface area (Å²) in [5.74, 6) is 0. The van der Waals surface area contributed by atoms with E-state index in [1.165, 1.54) is 21.0 Å². The van der Waals surface area contributed by atoms with Gasteiger partial charge in [0.25, 0.3) is 5.01 Å². The number of rotatable bonds is 1. The Kier molecular flexibility index (Phi) is 9.03. The van der Waals surface area contributed by atoms with Crippen molar-refractivity contribution in [1.82, 2.24) is 0 Å². The van der Waals surface area contributed by atoms with Gasteiger partial charge in [0.15, 0.2) is 6.20 Å². The molecule has 34 heavy (non-hydrogen) atoms. The fourth-order valence-corrected chi connectivity index (χ4v) is 5.29. The van der Waals surface area contributed by atoms with Gasteiger partial charge in [-0.25, -0.2) is 4.98 Å². The second-order valence-electron chi connectivity index (χ2n) is 7.10. The van der Waals surface area contributed by atoms with Crippen LogP contribution >= 0.6 is 11.3 Å². The van der Waals surface area contributed by atoms with Crippen molar-refractivity contribution in [3.05, 3.63) is 97.2 Å². The molecular weight excluding hydrogens is 470 g/mol. The molecule has 2 nitrogen and oxygen atoms in total. The van der Waals surface area contributed by atoms with Crippen LogP contribution in [0.15, 0.2) is 107 Å². The van der Waals surface area contributed by atoms with Crippen LogP contribution in [-0.2, 0) is 25.3 Å². The van der Waals surface area contributed by atoms with E-state index >= 15 is 0 Å². The smallest absolute Gasteiger partial charge is 0.779 e. The monoisotopic (exact) mass is 493 g/mol. The molecule has 6 heteroatoms. The van der Waals surface area contributed by atoms with Crippen LogP contribution in [0.25, 0.3) is 42.5 Å². The Labute approximate surface area is 219 Å². The van der Waals surface area contributed by atoms with Gasteiger partial charge in [-0.1, -0.05) is 79.8 Å². The standard InChI is InChI=1S/C13H9NS2.C13H9NS.C2H6.Be/c15-11-7-3-1-5-9(11)13-14-10-6-2-4-8-12(10)16-13;15-11-5-1-3-9-6-7-10-4-2-8-14-13(10)12(9)11;1-2;/h1-8,15H;1-8,15H;1-2H3;/q;;;+2. The number of aromatic nitrogens is 2. The normalized spacial score (nSPS) is 10.1. The second kappa shape index (κ2) is 12.0. The predicted molar refractivity (Wildman–Crippen MR) is 150 cm³/mol. The summed E-state index contributed by atoms with van der Waals surface area (Å²) < 4.78 is 1.26. The van der Waals surface area contributed by atoms with Gasteiger partial charge in [-0.3, -0.25) is 0 Å². The molecule has 4 aromatic carbocycles. The van der Waals surface area contributed by atoms with Gasteiger partial charge in [-0.15, -0.1) is 0 Å². The van der Waals surface area contributed by atoms with E-state index in [0.717, 1.165) is 31.3 Å². The molecule has 0 unspecified atom stereocenters. The molecule has 0 aliphatic heterocycles. The number of H-pyrrole nitrogens is 2. The molecule has 2 aromatic heterocycles. The zero-order valence-electron chi connectivity index (χ0n) is 19.2. The van der Waals surface area contributed by atoms with Crippen LogP contribution in [0, 0.1) is 0 Å². The summed E-state index contributed by atoms with van der Waals surface area (Å²) in [6.07, 6.45) is 1.93. The minimum atomic E-state index is 0. The summed E-state index contributed by atoms with van der Waals surface area (Å²) in [5.41, 5.74) is 3.40. The first-order valence-electron chi connectivity index (χ1n) is 10.9. The summed E-state index contributed by atoms with van der Waals surface area (Å²) in [7, 11) is 0. The number of para-hydroxylation sites is 1. The summed E-state index contributed by atoms with van der Waals surface area (Å²) in [6, 6.07) is 30.7. The minimum Gasteiger partial charge on any atom is -0.779 e. The Morgan fingerprint density at radius 3 is 2.15 bits per heavy atom. The van der Waals surface area contributed by atoms with Gasteiger partial charge in [0.05, 0.1) is 0 Å². The fourth-order valence-electron chi connectivity index (χ4n) is 3.63. The zero-order valence-corrected chi connectivity index (χ0v) is 21.6. The molecule has 0 fully saturated rings. The van der Waals surface area contributed by atoms with Gasteiger partial charge in [0.2, 0.25) is 11.0 Å². The number of nitrogens with one attached hydrogen (secondary N) is 2. The molecule has 0 aliphatic carbocycles. The van der Waals surface area contributed by atoms with Crippen molar-refractivity contribution >= 4 is 78.6 Å². The Bertz CT molecular complexity index is 1500. The van der Waals surface area contributed by atoms with Crippen LogP contribution in [0.4, 0.5) is 0 Å². The molecule has 0 amide bonds. The molecule has 164 valence electrons. The van der Waals surface area contributed by atoms with Gasteiger partial charge in [0, 0.05) is 28.5 Å². The average Bonchev–Trinajstić information content (AvgIpc) is 3.30. The van der Waals surface area contributed by atoms with Gasteiger partial charge in [-0.2, -0.15) is 14.8 Å². The van der Waals surface area contributed by atoms with Crippen molar-refractivity contribution in [1.29, 1.82) is 0 Å². The molecule has 6 rings (SSSR count). The number of aromatic amines is 2. The van der Waals surface area contributed by atoms with Crippen LogP contribution < -0.4 is 9.97 Å². The number of thiazole rings is 1. The van der Waals surface area contributed by atoms with Crippen LogP contribution in [0.1, 0.15) is 13.8 Å². The van der Waals surface area contributed by atoms with E-state index in [9.17, 15) is 0 Å². The topological polar surface area (TPSA) is 28.3 Å². The molecule has 0 saturated carbocycles. The second-order valence-corrected chi connectivity index (χ2v) is 9.03. The predicted octanol–water partition coefficient (Wildman–Crippen LogP) is 6.65. The van der Waals surface area contributed by atoms with E-state index in [1.54, 1.807) is 11.3 Å². The third-order valence-electron chi connectivity index (χ3n) is 5.12. The first-order valence-corrected chi connectivity index (χ1v) is 12.5. The average molecular weight is 494 g/mol. The first kappa shape index (κ1) is 25.7. The van der Waals surface area contributed by atoms with Crippen molar-refractivity contribution < 1.29 is 9.97 Å². The molecular formula is C28H24BeN2S3+2. The van der Waals surface area contributed by atoms with E-state index in [1.807, 2.05) is 62.5 Å². The minimum absolute atomic E-state index is 0. The summed E-state index contributed by atoms with van der Waals surface area (Å²) in [4.78, 5) is 8.47. The van der Waals surface area contributed by atoms with Gasteiger partial charge >= 0.3 is 10.1 Å². The summed E-state index contributed by atoms with van der Waals surface area (Å²) in [6.45, 7) is 4.00. The third kappa shape index (κ3) is 5.40. The third-order valence-corrected chi connectivity index (χ3v) is 6.92. The van der Waals surface area contributed by atoms with Crippen LogP contribution in [0.5, 0.6) is 0 Å². The number of hydrogen-bond donors (Lipinski definition) is 0. The van der Waals surface area contributed by atoms with Crippen LogP contribution in [0.3, 0.4) is 0 Å². The maximum Gasteiger partial charge on any atom is 2.00 e. The molecule has 0 saturated heterocycles. The van der Waals surface area contributed by atoms with E-state index in [0.29, 0.717) is 0 Å². The molecule has 0 atom stereocenters. The summed E-state index contributed by atoms with van der Waals surface area (Å²) >= 11 is 12.4. The maximum absolute atomic E-state index is 5.36. The molecule has 0 bridgehead atoms. The molecule has 2 heterocycles. The van der Waals surface area contributed by atoms with Crippen molar-refractivity contribution in [2.24, 2.45) is 0 Å². The first-order chi connectivity index (χ1) is 16.2. The number of benzene rings is 4. The van der Waals surface area contributed by atoms with Gasteiger partial charge < -0.3 is 25.3 Å².